The molecule has 0 bridgehead atoms. The molecule has 0 aliphatic carbocycles. The van der Waals surface area contributed by atoms with Crippen LogP contribution < -0.4 is 0 Å². The van der Waals surface area contributed by atoms with Gasteiger partial charge in [-0.2, -0.15) is 4.39 Å². The van der Waals surface area contributed by atoms with Crippen molar-refractivity contribution in [2.45, 2.75) is 20.8 Å². The molecule has 0 rings (SSSR count). The van der Waals surface area contributed by atoms with E-state index in [0.717, 1.165) is 7.11 Å². The minimum Gasteiger partial charge on any atom is -0.464 e. The maximum Gasteiger partial charge on any atom is 0.366 e. The van der Waals surface area contributed by atoms with E-state index in [2.05, 4.69) is 4.74 Å². The van der Waals surface area contributed by atoms with Gasteiger partial charge >= 0.3 is 5.97 Å². The second-order valence-corrected chi connectivity index (χ2v) is 3.11. The Morgan fingerprint density at radius 3 is 2.25 bits per heavy atom. The van der Waals surface area contributed by atoms with Crippen LogP contribution in [0.3, 0.4) is 0 Å². The van der Waals surface area contributed by atoms with Gasteiger partial charge in [-0.05, 0) is 17.9 Å². The maximum absolute atomic E-state index is 12.8. The molecule has 0 aromatic heterocycles. The normalized spacial score (nSPS) is 14.7. The molecule has 70 valence electrons. The first-order chi connectivity index (χ1) is 5.49. The molecule has 0 amide bonds. The number of esters is 1. The number of halogens is 1. The summed E-state index contributed by atoms with van der Waals surface area (Å²) < 4.78 is 17.0. The molecular formula is C9H15FO2. The topological polar surface area (TPSA) is 26.3 Å². The highest BCUT2D eigenvalue weighted by molar-refractivity contribution is 5.85. The van der Waals surface area contributed by atoms with Gasteiger partial charge in [0.2, 0.25) is 5.83 Å². The summed E-state index contributed by atoms with van der Waals surface area (Å²) >= 11 is 0. The van der Waals surface area contributed by atoms with Gasteiger partial charge in [0.25, 0.3) is 0 Å². The molecule has 0 saturated heterocycles. The summed E-state index contributed by atoms with van der Waals surface area (Å²) in [5.74, 6) is -1.34. The molecule has 12 heavy (non-hydrogen) atoms. The van der Waals surface area contributed by atoms with Crippen LogP contribution >= 0.6 is 0 Å². The standard InChI is InChI=1S/C9H15FO2/c1-6(2)7(3)5-8(10)9(11)12-4/h5-7H,1-4H3/b8-5+. The van der Waals surface area contributed by atoms with E-state index in [4.69, 9.17) is 0 Å². The van der Waals surface area contributed by atoms with E-state index in [1.807, 2.05) is 20.8 Å². The molecule has 1 atom stereocenters. The SMILES string of the molecule is COC(=O)/C(F)=C\C(C)C(C)C. The van der Waals surface area contributed by atoms with Crippen LogP contribution in [0.2, 0.25) is 0 Å². The van der Waals surface area contributed by atoms with E-state index >= 15 is 0 Å². The summed E-state index contributed by atoms with van der Waals surface area (Å²) in [6, 6.07) is 0. The highest BCUT2D eigenvalue weighted by Gasteiger charge is 2.11. The summed E-state index contributed by atoms with van der Waals surface area (Å²) in [4.78, 5) is 10.6. The number of carbonyl (C=O) groups is 1. The number of rotatable bonds is 3. The van der Waals surface area contributed by atoms with Crippen molar-refractivity contribution in [3.63, 3.8) is 0 Å². The molecule has 0 spiro atoms. The molecule has 1 unspecified atom stereocenters. The van der Waals surface area contributed by atoms with Gasteiger partial charge in [-0.1, -0.05) is 20.8 Å². The van der Waals surface area contributed by atoms with Gasteiger partial charge in [0.1, 0.15) is 0 Å². The summed E-state index contributed by atoms with van der Waals surface area (Å²) in [6.45, 7) is 5.78. The van der Waals surface area contributed by atoms with Crippen LogP contribution in [0.4, 0.5) is 4.39 Å². The second-order valence-electron chi connectivity index (χ2n) is 3.11. The van der Waals surface area contributed by atoms with Crippen molar-refractivity contribution in [3.05, 3.63) is 11.9 Å². The monoisotopic (exact) mass is 174 g/mol. The predicted molar refractivity (Wildman–Crippen MR) is 45.2 cm³/mol. The molecule has 0 aliphatic rings. The average molecular weight is 174 g/mol. The first kappa shape index (κ1) is 11.1. The number of allylic oxidation sites excluding steroid dienone is 1. The molecule has 0 radical (unpaired) electrons. The Kier molecular flexibility index (Phi) is 4.55. The van der Waals surface area contributed by atoms with Crippen LogP contribution in [-0.4, -0.2) is 13.1 Å². The minimum atomic E-state index is -0.900. The number of methoxy groups -OCH3 is 1. The third kappa shape index (κ3) is 3.51. The van der Waals surface area contributed by atoms with Gasteiger partial charge in [-0.25, -0.2) is 4.79 Å². The molecule has 3 heteroatoms. The van der Waals surface area contributed by atoms with Crippen LogP contribution in [-0.2, 0) is 9.53 Å². The van der Waals surface area contributed by atoms with Gasteiger partial charge < -0.3 is 4.74 Å². The van der Waals surface area contributed by atoms with Gasteiger partial charge in [-0.15, -0.1) is 0 Å². The fourth-order valence-electron chi connectivity index (χ4n) is 0.589. The van der Waals surface area contributed by atoms with Crippen molar-refractivity contribution < 1.29 is 13.9 Å². The molecule has 0 N–H and O–H groups in total. The third-order valence-electron chi connectivity index (χ3n) is 1.84. The quantitative estimate of drug-likeness (QED) is 0.484. The van der Waals surface area contributed by atoms with Gasteiger partial charge in [0, 0.05) is 0 Å². The predicted octanol–water partition coefficient (Wildman–Crippen LogP) is 2.30. The fraction of sp³-hybridized carbons (Fsp3) is 0.667. The Labute approximate surface area is 72.4 Å². The highest BCUT2D eigenvalue weighted by atomic mass is 19.1. The number of hydrogen-bond donors (Lipinski definition) is 0. The third-order valence-corrected chi connectivity index (χ3v) is 1.84. The zero-order valence-corrected chi connectivity index (χ0v) is 7.93. The van der Waals surface area contributed by atoms with Crippen molar-refractivity contribution in [3.8, 4) is 0 Å². The summed E-state index contributed by atoms with van der Waals surface area (Å²) in [6.07, 6.45) is 1.29. The smallest absolute Gasteiger partial charge is 0.366 e. The van der Waals surface area contributed by atoms with E-state index in [0.29, 0.717) is 5.92 Å². The zero-order chi connectivity index (χ0) is 9.72. The average Bonchev–Trinajstić information content (AvgIpc) is 2.02. The first-order valence-corrected chi connectivity index (χ1v) is 3.94. The lowest BCUT2D eigenvalue weighted by molar-refractivity contribution is -0.137. The summed E-state index contributed by atoms with van der Waals surface area (Å²) in [7, 11) is 1.16. The first-order valence-electron chi connectivity index (χ1n) is 3.94. The van der Waals surface area contributed by atoms with Crippen LogP contribution in [0, 0.1) is 11.8 Å². The maximum atomic E-state index is 12.8. The van der Waals surface area contributed by atoms with Gasteiger partial charge in [0.15, 0.2) is 0 Å². The Bertz CT molecular complexity index is 185. The Morgan fingerprint density at radius 1 is 1.42 bits per heavy atom. The molecular weight excluding hydrogens is 159 g/mol. The highest BCUT2D eigenvalue weighted by Crippen LogP contribution is 2.14. The molecule has 0 aromatic carbocycles. The Hall–Kier alpha value is -0.860. The number of carbonyl (C=O) groups excluding carboxylic acids is 1. The molecule has 0 aliphatic heterocycles. The van der Waals surface area contributed by atoms with E-state index in [9.17, 15) is 9.18 Å². The van der Waals surface area contributed by atoms with Crippen molar-refractivity contribution >= 4 is 5.97 Å². The lowest BCUT2D eigenvalue weighted by Gasteiger charge is -2.09. The molecule has 0 fully saturated rings. The lowest BCUT2D eigenvalue weighted by Crippen LogP contribution is -2.05. The molecule has 2 nitrogen and oxygen atoms in total. The summed E-state index contributed by atoms with van der Waals surface area (Å²) in [5, 5.41) is 0. The largest absolute Gasteiger partial charge is 0.464 e. The molecule has 0 saturated carbocycles. The van der Waals surface area contributed by atoms with Crippen LogP contribution in [0.1, 0.15) is 20.8 Å². The molecule has 0 heterocycles. The zero-order valence-electron chi connectivity index (χ0n) is 7.93. The second kappa shape index (κ2) is 4.91. The van der Waals surface area contributed by atoms with E-state index in [1.54, 1.807) is 0 Å². The van der Waals surface area contributed by atoms with Crippen molar-refractivity contribution in [2.75, 3.05) is 7.11 Å². The van der Waals surface area contributed by atoms with E-state index in [-0.39, 0.29) is 5.92 Å². The van der Waals surface area contributed by atoms with Gasteiger partial charge in [-0.3, -0.25) is 0 Å². The Balaban J connectivity index is 4.25. The van der Waals surface area contributed by atoms with Crippen LogP contribution in [0.25, 0.3) is 0 Å². The van der Waals surface area contributed by atoms with Crippen molar-refractivity contribution in [1.29, 1.82) is 0 Å². The van der Waals surface area contributed by atoms with Crippen LogP contribution in [0.15, 0.2) is 11.9 Å². The number of hydrogen-bond acceptors (Lipinski definition) is 2. The van der Waals surface area contributed by atoms with Crippen molar-refractivity contribution in [2.24, 2.45) is 11.8 Å². The number of ether oxygens (including phenoxy) is 1. The fourth-order valence-corrected chi connectivity index (χ4v) is 0.589. The summed E-state index contributed by atoms with van der Waals surface area (Å²) in [5.41, 5.74) is 0. The van der Waals surface area contributed by atoms with Gasteiger partial charge in [0.05, 0.1) is 7.11 Å². The lowest BCUT2D eigenvalue weighted by atomic mass is 9.97. The van der Waals surface area contributed by atoms with E-state index < -0.39 is 11.8 Å². The van der Waals surface area contributed by atoms with Crippen LogP contribution in [0.5, 0.6) is 0 Å². The Morgan fingerprint density at radius 2 is 1.92 bits per heavy atom. The minimum absolute atomic E-state index is 0.0455. The van der Waals surface area contributed by atoms with Crippen molar-refractivity contribution in [1.82, 2.24) is 0 Å². The molecule has 0 aromatic rings. The van der Waals surface area contributed by atoms with E-state index in [1.165, 1.54) is 6.08 Å².